The minimum absolute atomic E-state index is 0.119. The van der Waals surface area contributed by atoms with Crippen molar-refractivity contribution in [3.8, 4) is 16.9 Å². The number of rotatable bonds is 6. The van der Waals surface area contributed by atoms with Gasteiger partial charge in [0.05, 0.1) is 0 Å². The molecule has 0 saturated carbocycles. The van der Waals surface area contributed by atoms with E-state index in [1.165, 1.54) is 6.92 Å². The first-order chi connectivity index (χ1) is 13.5. The fraction of sp³-hybridized carbons (Fsp3) is 0.130. The van der Waals surface area contributed by atoms with Crippen molar-refractivity contribution >= 4 is 23.5 Å². The molecule has 0 radical (unpaired) electrons. The Hall–Kier alpha value is -3.11. The van der Waals surface area contributed by atoms with E-state index in [-0.39, 0.29) is 12.4 Å². The number of carbonyl (C=O) groups excluding carboxylic acids is 2. The number of benzene rings is 3. The van der Waals surface area contributed by atoms with Crippen molar-refractivity contribution < 1.29 is 19.1 Å². The molecular weight excluding hydrogens is 376 g/mol. The van der Waals surface area contributed by atoms with Gasteiger partial charge in [-0.3, -0.25) is 9.59 Å². The van der Waals surface area contributed by atoms with Crippen molar-refractivity contribution in [2.75, 3.05) is 0 Å². The molecule has 0 N–H and O–H groups in total. The van der Waals surface area contributed by atoms with Gasteiger partial charge in [-0.1, -0.05) is 72.8 Å². The third kappa shape index (κ3) is 4.99. The molecule has 3 aromatic carbocycles. The van der Waals surface area contributed by atoms with Crippen LogP contribution in [0, 0.1) is 0 Å². The lowest BCUT2D eigenvalue weighted by atomic mass is 10.0. The summed E-state index contributed by atoms with van der Waals surface area (Å²) in [6.07, 6.45) is 0. The Morgan fingerprint density at radius 2 is 1.54 bits per heavy atom. The molecule has 0 amide bonds. The molecule has 0 saturated heterocycles. The smallest absolute Gasteiger partial charge is 0.329 e. The predicted octanol–water partition coefficient (Wildman–Crippen LogP) is 5.30. The summed E-state index contributed by atoms with van der Waals surface area (Å²) in [6, 6.07) is 24.2. The molecule has 0 fully saturated rings. The number of hydrogen-bond acceptors (Lipinski definition) is 4. The van der Waals surface area contributed by atoms with E-state index < -0.39 is 17.3 Å². The highest BCUT2D eigenvalue weighted by Crippen LogP contribution is 2.35. The van der Waals surface area contributed by atoms with E-state index in [0.717, 1.165) is 16.7 Å². The molecule has 28 heavy (non-hydrogen) atoms. The first kappa shape index (κ1) is 19.6. The standard InChI is InChI=1S/C23H19ClO4/c1-16(25)28-21-14-19(18-10-6-3-7-11-18)12-13-20(21)22(24)23(26)27-15-17-8-4-2-5-9-17/h2-14,22H,15H2,1H3. The lowest BCUT2D eigenvalue weighted by Crippen LogP contribution is -2.13. The number of alkyl halides is 1. The van der Waals surface area contributed by atoms with Crippen molar-refractivity contribution in [3.63, 3.8) is 0 Å². The molecule has 0 aliphatic heterocycles. The topological polar surface area (TPSA) is 52.6 Å². The molecule has 0 aromatic heterocycles. The van der Waals surface area contributed by atoms with Gasteiger partial charge in [0.25, 0.3) is 0 Å². The molecule has 0 spiro atoms. The second-order valence-corrected chi connectivity index (χ2v) is 6.60. The second kappa shape index (κ2) is 9.20. The zero-order valence-corrected chi connectivity index (χ0v) is 16.1. The van der Waals surface area contributed by atoms with Crippen molar-refractivity contribution in [2.45, 2.75) is 18.9 Å². The molecular formula is C23H19ClO4. The largest absolute Gasteiger partial charge is 0.459 e. The quantitative estimate of drug-likeness (QED) is 0.323. The van der Waals surface area contributed by atoms with Gasteiger partial charge in [0.2, 0.25) is 0 Å². The normalized spacial score (nSPS) is 11.5. The van der Waals surface area contributed by atoms with E-state index in [1.54, 1.807) is 12.1 Å². The summed E-state index contributed by atoms with van der Waals surface area (Å²) in [4.78, 5) is 23.9. The number of carbonyl (C=O) groups is 2. The highest BCUT2D eigenvalue weighted by molar-refractivity contribution is 6.30. The minimum Gasteiger partial charge on any atom is -0.459 e. The number of hydrogen-bond donors (Lipinski definition) is 0. The van der Waals surface area contributed by atoms with E-state index in [1.807, 2.05) is 66.7 Å². The van der Waals surface area contributed by atoms with Crippen molar-refractivity contribution in [2.24, 2.45) is 0 Å². The summed E-state index contributed by atoms with van der Waals surface area (Å²) >= 11 is 6.34. The SMILES string of the molecule is CC(=O)Oc1cc(-c2ccccc2)ccc1C(Cl)C(=O)OCc1ccccc1. The van der Waals surface area contributed by atoms with E-state index in [9.17, 15) is 9.59 Å². The molecule has 142 valence electrons. The molecule has 3 aromatic rings. The molecule has 0 aliphatic carbocycles. The molecule has 1 atom stereocenters. The maximum Gasteiger partial charge on any atom is 0.329 e. The third-order valence-electron chi connectivity index (χ3n) is 4.08. The fourth-order valence-electron chi connectivity index (χ4n) is 2.73. The maximum atomic E-state index is 12.4. The van der Waals surface area contributed by atoms with Crippen molar-refractivity contribution in [1.82, 2.24) is 0 Å². The van der Waals surface area contributed by atoms with Gasteiger partial charge in [0.15, 0.2) is 5.38 Å². The molecule has 5 heteroatoms. The molecule has 4 nitrogen and oxygen atoms in total. The predicted molar refractivity (Wildman–Crippen MR) is 108 cm³/mol. The summed E-state index contributed by atoms with van der Waals surface area (Å²) in [5, 5.41) is -1.09. The first-order valence-corrected chi connectivity index (χ1v) is 9.20. The van der Waals surface area contributed by atoms with E-state index >= 15 is 0 Å². The van der Waals surface area contributed by atoms with Gasteiger partial charge in [0.1, 0.15) is 12.4 Å². The maximum absolute atomic E-state index is 12.4. The van der Waals surface area contributed by atoms with Crippen molar-refractivity contribution in [3.05, 3.63) is 90.0 Å². The van der Waals surface area contributed by atoms with Crippen LogP contribution in [0.3, 0.4) is 0 Å². The van der Waals surface area contributed by atoms with Crippen LogP contribution in [0.2, 0.25) is 0 Å². The first-order valence-electron chi connectivity index (χ1n) is 8.77. The van der Waals surface area contributed by atoms with Crippen LogP contribution in [0.15, 0.2) is 78.9 Å². The Morgan fingerprint density at radius 3 is 2.18 bits per heavy atom. The summed E-state index contributed by atoms with van der Waals surface area (Å²) < 4.78 is 10.6. The fourth-order valence-corrected chi connectivity index (χ4v) is 2.97. The number of esters is 2. The van der Waals surface area contributed by atoms with Gasteiger partial charge >= 0.3 is 11.9 Å². The molecule has 0 aliphatic rings. The van der Waals surface area contributed by atoms with Gasteiger partial charge in [-0.05, 0) is 22.8 Å². The highest BCUT2D eigenvalue weighted by atomic mass is 35.5. The Labute approximate surface area is 168 Å². The van der Waals surface area contributed by atoms with Crippen molar-refractivity contribution in [1.29, 1.82) is 0 Å². The highest BCUT2D eigenvalue weighted by Gasteiger charge is 2.24. The van der Waals surface area contributed by atoms with Crippen LogP contribution in [0.1, 0.15) is 23.4 Å². The lowest BCUT2D eigenvalue weighted by Gasteiger charge is -2.15. The van der Waals surface area contributed by atoms with Crippen LogP contribution in [-0.4, -0.2) is 11.9 Å². The Balaban J connectivity index is 1.82. The van der Waals surface area contributed by atoms with Crippen LogP contribution in [-0.2, 0) is 20.9 Å². The van der Waals surface area contributed by atoms with Gasteiger partial charge in [-0.15, -0.1) is 11.6 Å². The Morgan fingerprint density at radius 1 is 0.893 bits per heavy atom. The monoisotopic (exact) mass is 394 g/mol. The zero-order chi connectivity index (χ0) is 19.9. The number of ether oxygens (including phenoxy) is 2. The molecule has 1 unspecified atom stereocenters. The van der Waals surface area contributed by atoms with E-state index in [2.05, 4.69) is 0 Å². The van der Waals surface area contributed by atoms with Crippen LogP contribution in [0.5, 0.6) is 5.75 Å². The third-order valence-corrected chi connectivity index (χ3v) is 4.49. The Kier molecular flexibility index (Phi) is 6.45. The van der Waals surface area contributed by atoms with Crippen LogP contribution in [0.25, 0.3) is 11.1 Å². The van der Waals surface area contributed by atoms with Crippen LogP contribution >= 0.6 is 11.6 Å². The summed E-state index contributed by atoms with van der Waals surface area (Å²) in [7, 11) is 0. The van der Waals surface area contributed by atoms with Crippen LogP contribution < -0.4 is 4.74 Å². The van der Waals surface area contributed by atoms with Gasteiger partial charge in [0, 0.05) is 12.5 Å². The average molecular weight is 395 g/mol. The zero-order valence-electron chi connectivity index (χ0n) is 15.3. The number of halogens is 1. The molecule has 3 rings (SSSR count). The van der Waals surface area contributed by atoms with Gasteiger partial charge in [-0.25, -0.2) is 0 Å². The summed E-state index contributed by atoms with van der Waals surface area (Å²) in [6.45, 7) is 1.42. The average Bonchev–Trinajstić information content (AvgIpc) is 2.72. The van der Waals surface area contributed by atoms with E-state index in [4.69, 9.17) is 21.1 Å². The van der Waals surface area contributed by atoms with Gasteiger partial charge < -0.3 is 9.47 Å². The summed E-state index contributed by atoms with van der Waals surface area (Å²) in [5.41, 5.74) is 3.05. The molecule has 0 bridgehead atoms. The minimum atomic E-state index is -1.09. The van der Waals surface area contributed by atoms with Gasteiger partial charge in [-0.2, -0.15) is 0 Å². The van der Waals surface area contributed by atoms with Crippen LogP contribution in [0.4, 0.5) is 0 Å². The second-order valence-electron chi connectivity index (χ2n) is 6.17. The Bertz CT molecular complexity index is 955. The van der Waals surface area contributed by atoms with E-state index in [0.29, 0.717) is 5.56 Å². The summed E-state index contributed by atoms with van der Waals surface area (Å²) in [5.74, 6) is -0.857. The lowest BCUT2D eigenvalue weighted by molar-refractivity contribution is -0.144. The molecule has 0 heterocycles.